The average molecular weight is 434 g/mol. The van der Waals surface area contributed by atoms with E-state index in [1.165, 1.54) is 22.3 Å². The lowest BCUT2D eigenvalue weighted by atomic mass is 9.84. The number of hydrogen-bond donors (Lipinski definition) is 0. The van der Waals surface area contributed by atoms with Gasteiger partial charge in [0, 0.05) is 11.4 Å². The SMILES string of the molecule is Cc1cc(C(C)(C)C)cc(C)c1CSc1nnc(-c2cccs2)n1-c1ccccc1. The van der Waals surface area contributed by atoms with Gasteiger partial charge in [-0.1, -0.05) is 68.9 Å². The zero-order chi connectivity index (χ0) is 21.3. The Labute approximate surface area is 187 Å². The number of benzene rings is 2. The summed E-state index contributed by atoms with van der Waals surface area (Å²) in [4.78, 5) is 1.13. The number of rotatable bonds is 5. The van der Waals surface area contributed by atoms with Crippen molar-refractivity contribution in [2.24, 2.45) is 0 Å². The van der Waals surface area contributed by atoms with Gasteiger partial charge in [-0.3, -0.25) is 4.57 Å². The molecule has 0 aliphatic heterocycles. The molecule has 5 heteroatoms. The Kier molecular flexibility index (Phi) is 5.85. The van der Waals surface area contributed by atoms with Crippen LogP contribution < -0.4 is 0 Å². The molecule has 0 amide bonds. The van der Waals surface area contributed by atoms with Crippen molar-refractivity contribution in [3.63, 3.8) is 0 Å². The highest BCUT2D eigenvalue weighted by atomic mass is 32.2. The highest BCUT2D eigenvalue weighted by molar-refractivity contribution is 7.98. The minimum absolute atomic E-state index is 0.157. The summed E-state index contributed by atoms with van der Waals surface area (Å²) >= 11 is 3.44. The molecule has 0 unspecified atom stereocenters. The summed E-state index contributed by atoms with van der Waals surface area (Å²) in [6.45, 7) is 11.2. The fraction of sp³-hybridized carbons (Fsp3) is 0.280. The second-order valence-electron chi connectivity index (χ2n) is 8.58. The monoisotopic (exact) mass is 433 g/mol. The third kappa shape index (κ3) is 4.23. The van der Waals surface area contributed by atoms with Crippen molar-refractivity contribution in [2.75, 3.05) is 0 Å². The van der Waals surface area contributed by atoms with Gasteiger partial charge in [0.25, 0.3) is 0 Å². The minimum atomic E-state index is 0.157. The second kappa shape index (κ2) is 8.40. The molecule has 0 N–H and O–H groups in total. The van der Waals surface area contributed by atoms with E-state index >= 15 is 0 Å². The number of nitrogens with zero attached hydrogens (tertiary/aromatic N) is 3. The van der Waals surface area contributed by atoms with Gasteiger partial charge in [0.05, 0.1) is 4.88 Å². The van der Waals surface area contributed by atoms with Gasteiger partial charge in [0.1, 0.15) is 0 Å². The van der Waals surface area contributed by atoms with Crippen molar-refractivity contribution >= 4 is 23.1 Å². The number of aromatic nitrogens is 3. The molecule has 0 bridgehead atoms. The van der Waals surface area contributed by atoms with E-state index in [9.17, 15) is 0 Å². The molecule has 2 aromatic carbocycles. The van der Waals surface area contributed by atoms with Gasteiger partial charge < -0.3 is 0 Å². The molecule has 0 atom stereocenters. The van der Waals surface area contributed by atoms with E-state index in [4.69, 9.17) is 0 Å². The molecule has 4 aromatic rings. The Balaban J connectivity index is 1.68. The highest BCUT2D eigenvalue weighted by Gasteiger charge is 2.19. The van der Waals surface area contributed by atoms with E-state index < -0.39 is 0 Å². The molecule has 3 nitrogen and oxygen atoms in total. The normalized spacial score (nSPS) is 11.8. The molecule has 154 valence electrons. The molecule has 0 fully saturated rings. The minimum Gasteiger partial charge on any atom is -0.269 e. The van der Waals surface area contributed by atoms with Crippen molar-refractivity contribution in [3.8, 4) is 16.4 Å². The van der Waals surface area contributed by atoms with E-state index in [1.807, 2.05) is 6.07 Å². The molecule has 30 heavy (non-hydrogen) atoms. The fourth-order valence-corrected chi connectivity index (χ4v) is 5.38. The van der Waals surface area contributed by atoms with Crippen molar-refractivity contribution in [2.45, 2.75) is 50.9 Å². The summed E-state index contributed by atoms with van der Waals surface area (Å²) in [6, 6.07) is 19.2. The van der Waals surface area contributed by atoms with Crippen LogP contribution in [-0.2, 0) is 11.2 Å². The lowest BCUT2D eigenvalue weighted by Crippen LogP contribution is -2.12. The summed E-state index contributed by atoms with van der Waals surface area (Å²) in [7, 11) is 0. The molecule has 0 aliphatic carbocycles. The number of thiophene rings is 1. The molecular formula is C25H27N3S2. The van der Waals surface area contributed by atoms with Crippen LogP contribution in [0.15, 0.2) is 65.1 Å². The summed E-state index contributed by atoms with van der Waals surface area (Å²) in [5.74, 6) is 1.77. The first-order valence-electron chi connectivity index (χ1n) is 10.1. The Morgan fingerprint density at radius 2 is 1.63 bits per heavy atom. The Morgan fingerprint density at radius 1 is 0.933 bits per heavy atom. The largest absolute Gasteiger partial charge is 0.269 e. The predicted molar refractivity (Wildman–Crippen MR) is 129 cm³/mol. The van der Waals surface area contributed by atoms with Crippen LogP contribution in [0.1, 0.15) is 43.0 Å². The van der Waals surface area contributed by atoms with E-state index in [0.29, 0.717) is 0 Å². The Bertz CT molecular complexity index is 1110. The van der Waals surface area contributed by atoms with Gasteiger partial charge in [-0.05, 0) is 65.1 Å². The standard InChI is InChI=1S/C25H27N3S2/c1-17-14-19(25(3,4)5)15-18(2)21(17)16-30-24-27-26-23(22-12-9-13-29-22)28(24)20-10-7-6-8-11-20/h6-15H,16H2,1-5H3. The fourth-order valence-electron chi connectivity index (χ4n) is 3.53. The van der Waals surface area contributed by atoms with Crippen molar-refractivity contribution in [3.05, 3.63) is 82.2 Å². The maximum atomic E-state index is 4.56. The average Bonchev–Trinajstić information content (AvgIpc) is 3.37. The molecule has 4 rings (SSSR count). The number of aryl methyl sites for hydroxylation is 2. The molecule has 0 saturated carbocycles. The van der Waals surface area contributed by atoms with E-state index in [1.54, 1.807) is 23.1 Å². The van der Waals surface area contributed by atoms with Crippen LogP contribution >= 0.6 is 23.1 Å². The van der Waals surface area contributed by atoms with Crippen molar-refractivity contribution in [1.29, 1.82) is 0 Å². The molecular weight excluding hydrogens is 406 g/mol. The zero-order valence-corrected chi connectivity index (χ0v) is 19.8. The molecule has 2 heterocycles. The Hall–Kier alpha value is -2.37. The molecule has 2 aromatic heterocycles. The molecule has 0 saturated heterocycles. The van der Waals surface area contributed by atoms with Crippen LogP contribution in [0.3, 0.4) is 0 Å². The van der Waals surface area contributed by atoms with Gasteiger partial charge in [-0.25, -0.2) is 0 Å². The van der Waals surface area contributed by atoms with Crippen LogP contribution in [0.4, 0.5) is 0 Å². The van der Waals surface area contributed by atoms with Crippen molar-refractivity contribution in [1.82, 2.24) is 14.8 Å². The van der Waals surface area contributed by atoms with Crippen LogP contribution in [-0.4, -0.2) is 14.8 Å². The summed E-state index contributed by atoms with van der Waals surface area (Å²) in [5, 5.41) is 12.1. The number of thioether (sulfide) groups is 1. The van der Waals surface area contributed by atoms with Crippen LogP contribution in [0.25, 0.3) is 16.4 Å². The smallest absolute Gasteiger partial charge is 0.196 e. The summed E-state index contributed by atoms with van der Waals surface area (Å²) < 4.78 is 2.17. The van der Waals surface area contributed by atoms with Gasteiger partial charge in [-0.2, -0.15) is 0 Å². The van der Waals surface area contributed by atoms with Gasteiger partial charge >= 0.3 is 0 Å². The summed E-state index contributed by atoms with van der Waals surface area (Å²) in [6.07, 6.45) is 0. The molecule has 0 aliphatic rings. The van der Waals surface area contributed by atoms with Crippen LogP contribution in [0.2, 0.25) is 0 Å². The lowest BCUT2D eigenvalue weighted by Gasteiger charge is -2.22. The highest BCUT2D eigenvalue weighted by Crippen LogP contribution is 2.34. The predicted octanol–water partition coefficient (Wildman–Crippen LogP) is 7.20. The maximum absolute atomic E-state index is 4.56. The first kappa shape index (κ1) is 20.9. The molecule has 0 spiro atoms. The maximum Gasteiger partial charge on any atom is 0.196 e. The van der Waals surface area contributed by atoms with Crippen molar-refractivity contribution < 1.29 is 0 Å². The van der Waals surface area contributed by atoms with E-state index in [2.05, 4.69) is 103 Å². The first-order chi connectivity index (χ1) is 14.3. The Morgan fingerprint density at radius 3 is 2.23 bits per heavy atom. The van der Waals surface area contributed by atoms with Crippen LogP contribution in [0, 0.1) is 13.8 Å². The third-order valence-electron chi connectivity index (χ3n) is 5.30. The van der Waals surface area contributed by atoms with E-state index in [-0.39, 0.29) is 5.41 Å². The number of hydrogen-bond acceptors (Lipinski definition) is 4. The van der Waals surface area contributed by atoms with E-state index in [0.717, 1.165) is 27.3 Å². The van der Waals surface area contributed by atoms with Crippen LogP contribution in [0.5, 0.6) is 0 Å². The first-order valence-corrected chi connectivity index (χ1v) is 12.0. The zero-order valence-electron chi connectivity index (χ0n) is 18.1. The van der Waals surface area contributed by atoms with Gasteiger partial charge in [-0.15, -0.1) is 21.5 Å². The third-order valence-corrected chi connectivity index (χ3v) is 7.12. The summed E-state index contributed by atoms with van der Waals surface area (Å²) in [5.41, 5.74) is 6.70. The second-order valence-corrected chi connectivity index (χ2v) is 10.5. The number of para-hydroxylation sites is 1. The molecule has 0 radical (unpaired) electrons. The van der Waals surface area contributed by atoms with Gasteiger partial charge in [0.15, 0.2) is 11.0 Å². The topological polar surface area (TPSA) is 30.7 Å². The quantitative estimate of drug-likeness (QED) is 0.312. The van der Waals surface area contributed by atoms with Gasteiger partial charge in [0.2, 0.25) is 0 Å². The lowest BCUT2D eigenvalue weighted by molar-refractivity contribution is 0.589.